The number of anilines is 1. The Kier molecular flexibility index (Phi) is 4.66. The minimum absolute atomic E-state index is 0.325. The molecule has 5 heteroatoms. The zero-order valence-corrected chi connectivity index (χ0v) is 11.9. The number of benzene rings is 1. The van der Waals surface area contributed by atoms with Crippen molar-refractivity contribution < 1.29 is 14.3 Å². The number of aryl methyl sites for hydroxylation is 2. The van der Waals surface area contributed by atoms with E-state index in [9.17, 15) is 9.59 Å². The van der Waals surface area contributed by atoms with E-state index in [0.29, 0.717) is 11.3 Å². The summed E-state index contributed by atoms with van der Waals surface area (Å²) < 4.78 is 4.94. The number of pyridine rings is 1. The molecule has 2 aromatic rings. The SMILES string of the molecule is Cc1cc(C)cc(NC(=O)COC(=O)c2ccncc2)c1. The van der Waals surface area contributed by atoms with Crippen LogP contribution < -0.4 is 5.32 Å². The van der Waals surface area contributed by atoms with Crippen molar-refractivity contribution in [1.82, 2.24) is 4.98 Å². The molecule has 21 heavy (non-hydrogen) atoms. The number of hydrogen-bond acceptors (Lipinski definition) is 4. The Balaban J connectivity index is 1.89. The Morgan fingerprint density at radius 3 is 2.33 bits per heavy atom. The van der Waals surface area contributed by atoms with Gasteiger partial charge in [-0.1, -0.05) is 6.07 Å². The number of carbonyl (C=O) groups excluding carboxylic acids is 2. The second kappa shape index (κ2) is 6.65. The van der Waals surface area contributed by atoms with Crippen LogP contribution in [0.3, 0.4) is 0 Å². The van der Waals surface area contributed by atoms with Gasteiger partial charge in [-0.3, -0.25) is 9.78 Å². The van der Waals surface area contributed by atoms with Crippen LogP contribution in [0.25, 0.3) is 0 Å². The van der Waals surface area contributed by atoms with Gasteiger partial charge in [0.1, 0.15) is 0 Å². The molecule has 108 valence electrons. The van der Waals surface area contributed by atoms with Gasteiger partial charge in [0.2, 0.25) is 0 Å². The van der Waals surface area contributed by atoms with Crippen LogP contribution in [0.2, 0.25) is 0 Å². The maximum atomic E-state index is 11.8. The molecular formula is C16H16N2O3. The number of ether oxygens (including phenoxy) is 1. The van der Waals surface area contributed by atoms with Crippen molar-refractivity contribution >= 4 is 17.6 Å². The van der Waals surface area contributed by atoms with E-state index in [2.05, 4.69) is 10.3 Å². The van der Waals surface area contributed by atoms with Crippen molar-refractivity contribution in [2.45, 2.75) is 13.8 Å². The van der Waals surface area contributed by atoms with Gasteiger partial charge in [-0.25, -0.2) is 4.79 Å². The molecule has 0 aliphatic carbocycles. The molecule has 0 unspecified atom stereocenters. The highest BCUT2D eigenvalue weighted by Gasteiger charge is 2.10. The van der Waals surface area contributed by atoms with Gasteiger partial charge in [-0.2, -0.15) is 0 Å². The molecule has 1 heterocycles. The number of nitrogens with one attached hydrogen (secondary N) is 1. The van der Waals surface area contributed by atoms with Crippen LogP contribution in [0.4, 0.5) is 5.69 Å². The number of nitrogens with zero attached hydrogens (tertiary/aromatic N) is 1. The van der Waals surface area contributed by atoms with E-state index in [1.54, 1.807) is 0 Å². The summed E-state index contributed by atoms with van der Waals surface area (Å²) in [6, 6.07) is 8.79. The van der Waals surface area contributed by atoms with E-state index >= 15 is 0 Å². The van der Waals surface area contributed by atoms with E-state index < -0.39 is 5.97 Å². The predicted molar refractivity (Wildman–Crippen MR) is 79.1 cm³/mol. The van der Waals surface area contributed by atoms with Crippen LogP contribution >= 0.6 is 0 Å². The second-order valence-corrected chi connectivity index (χ2v) is 4.74. The molecule has 0 spiro atoms. The summed E-state index contributed by atoms with van der Waals surface area (Å²) in [6.45, 7) is 3.58. The van der Waals surface area contributed by atoms with E-state index in [1.807, 2.05) is 32.0 Å². The van der Waals surface area contributed by atoms with Gasteiger partial charge in [-0.15, -0.1) is 0 Å². The van der Waals surface area contributed by atoms with Crippen LogP contribution in [0, 0.1) is 13.8 Å². The number of carbonyl (C=O) groups is 2. The first kappa shape index (κ1) is 14.7. The van der Waals surface area contributed by atoms with Gasteiger partial charge >= 0.3 is 5.97 Å². The van der Waals surface area contributed by atoms with Crippen molar-refractivity contribution in [2.24, 2.45) is 0 Å². The van der Waals surface area contributed by atoms with Crippen molar-refractivity contribution in [1.29, 1.82) is 0 Å². The van der Waals surface area contributed by atoms with Gasteiger partial charge in [0.15, 0.2) is 6.61 Å². The zero-order chi connectivity index (χ0) is 15.2. The third-order valence-corrected chi connectivity index (χ3v) is 2.76. The van der Waals surface area contributed by atoms with Crippen LogP contribution in [0.15, 0.2) is 42.7 Å². The fourth-order valence-electron chi connectivity index (χ4n) is 1.95. The summed E-state index contributed by atoms with van der Waals surface area (Å²) in [5.74, 6) is -0.921. The minimum atomic E-state index is -0.548. The molecule has 1 aromatic carbocycles. The largest absolute Gasteiger partial charge is 0.452 e. The average molecular weight is 284 g/mol. The number of aromatic nitrogens is 1. The summed E-state index contributed by atoms with van der Waals surface area (Å²) in [5, 5.41) is 2.70. The highest BCUT2D eigenvalue weighted by atomic mass is 16.5. The zero-order valence-electron chi connectivity index (χ0n) is 11.9. The summed E-state index contributed by atoms with van der Waals surface area (Å²) >= 11 is 0. The van der Waals surface area contributed by atoms with Crippen LogP contribution in [0.1, 0.15) is 21.5 Å². The smallest absolute Gasteiger partial charge is 0.338 e. The van der Waals surface area contributed by atoms with Crippen molar-refractivity contribution in [3.8, 4) is 0 Å². The molecule has 0 atom stereocenters. The molecule has 2 rings (SSSR count). The first-order valence-corrected chi connectivity index (χ1v) is 6.50. The maximum Gasteiger partial charge on any atom is 0.338 e. The third-order valence-electron chi connectivity index (χ3n) is 2.76. The molecule has 0 fully saturated rings. The summed E-state index contributed by atoms with van der Waals surface area (Å²) in [5.41, 5.74) is 3.17. The molecule has 0 saturated heterocycles. The lowest BCUT2D eigenvalue weighted by molar-refractivity contribution is -0.119. The standard InChI is InChI=1S/C16H16N2O3/c1-11-7-12(2)9-14(8-11)18-15(19)10-21-16(20)13-3-5-17-6-4-13/h3-9H,10H2,1-2H3,(H,18,19). The lowest BCUT2D eigenvalue weighted by Crippen LogP contribution is -2.21. The number of hydrogen-bond donors (Lipinski definition) is 1. The van der Waals surface area contributed by atoms with Gasteiger partial charge in [0, 0.05) is 18.1 Å². The van der Waals surface area contributed by atoms with Crippen LogP contribution in [-0.2, 0) is 9.53 Å². The van der Waals surface area contributed by atoms with Gasteiger partial charge in [0.05, 0.1) is 5.56 Å². The predicted octanol–water partition coefficient (Wildman–Crippen LogP) is 2.49. The fraction of sp³-hybridized carbons (Fsp3) is 0.188. The topological polar surface area (TPSA) is 68.3 Å². The van der Waals surface area contributed by atoms with E-state index in [1.165, 1.54) is 24.5 Å². The molecule has 0 radical (unpaired) electrons. The molecule has 1 N–H and O–H groups in total. The van der Waals surface area contributed by atoms with Gasteiger partial charge in [0.25, 0.3) is 5.91 Å². The fourth-order valence-corrected chi connectivity index (χ4v) is 1.95. The Hall–Kier alpha value is -2.69. The lowest BCUT2D eigenvalue weighted by atomic mass is 10.1. The third kappa shape index (κ3) is 4.42. The summed E-state index contributed by atoms with van der Waals surface area (Å²) in [4.78, 5) is 27.3. The molecule has 0 bridgehead atoms. The Bertz CT molecular complexity index is 634. The molecule has 0 aliphatic heterocycles. The Morgan fingerprint density at radius 2 is 1.71 bits per heavy atom. The van der Waals surface area contributed by atoms with E-state index in [-0.39, 0.29) is 12.5 Å². The first-order valence-electron chi connectivity index (χ1n) is 6.50. The summed E-state index contributed by atoms with van der Waals surface area (Å²) in [7, 11) is 0. The molecule has 0 aliphatic rings. The number of esters is 1. The monoisotopic (exact) mass is 284 g/mol. The van der Waals surface area contributed by atoms with E-state index in [4.69, 9.17) is 4.74 Å². The first-order chi connectivity index (χ1) is 10.0. The Morgan fingerprint density at radius 1 is 1.10 bits per heavy atom. The van der Waals surface area contributed by atoms with Gasteiger partial charge in [-0.05, 0) is 49.2 Å². The highest BCUT2D eigenvalue weighted by Crippen LogP contribution is 2.13. The number of amides is 1. The normalized spacial score (nSPS) is 10.0. The maximum absolute atomic E-state index is 11.8. The quantitative estimate of drug-likeness (QED) is 0.876. The van der Waals surface area contributed by atoms with Crippen molar-refractivity contribution in [2.75, 3.05) is 11.9 Å². The molecule has 0 saturated carbocycles. The van der Waals surface area contributed by atoms with Crippen molar-refractivity contribution in [3.05, 3.63) is 59.4 Å². The molecule has 5 nitrogen and oxygen atoms in total. The van der Waals surface area contributed by atoms with Gasteiger partial charge < -0.3 is 10.1 Å². The molecular weight excluding hydrogens is 268 g/mol. The highest BCUT2D eigenvalue weighted by molar-refractivity contribution is 5.95. The van der Waals surface area contributed by atoms with Crippen LogP contribution in [0.5, 0.6) is 0 Å². The molecule has 1 amide bonds. The van der Waals surface area contributed by atoms with E-state index in [0.717, 1.165) is 11.1 Å². The van der Waals surface area contributed by atoms with Crippen molar-refractivity contribution in [3.63, 3.8) is 0 Å². The molecule has 1 aromatic heterocycles. The minimum Gasteiger partial charge on any atom is -0.452 e. The second-order valence-electron chi connectivity index (χ2n) is 4.74. The number of rotatable bonds is 4. The average Bonchev–Trinajstić information content (AvgIpc) is 2.44. The van der Waals surface area contributed by atoms with Crippen LogP contribution in [-0.4, -0.2) is 23.5 Å². The summed E-state index contributed by atoms with van der Waals surface area (Å²) in [6.07, 6.45) is 2.98. The Labute approximate surface area is 123 Å². The lowest BCUT2D eigenvalue weighted by Gasteiger charge is -2.08.